The van der Waals surface area contributed by atoms with Gasteiger partial charge in [-0.05, 0) is 80.7 Å². The van der Waals surface area contributed by atoms with Crippen molar-refractivity contribution in [2.24, 2.45) is 17.8 Å². The third-order valence-corrected chi connectivity index (χ3v) is 6.28. The van der Waals surface area contributed by atoms with Crippen molar-refractivity contribution in [3.05, 3.63) is 65.4 Å². The predicted octanol–water partition coefficient (Wildman–Crippen LogP) is 5.11. The molecule has 0 amide bonds. The van der Waals surface area contributed by atoms with Crippen molar-refractivity contribution < 1.29 is 4.39 Å². The van der Waals surface area contributed by atoms with E-state index in [0.29, 0.717) is 12.3 Å². The average molecular weight is 351 g/mol. The quantitative estimate of drug-likeness (QED) is 0.832. The molecule has 2 aromatic rings. The van der Waals surface area contributed by atoms with Crippen LogP contribution in [0.5, 0.6) is 0 Å². The zero-order chi connectivity index (χ0) is 18.4. The predicted molar refractivity (Wildman–Crippen MR) is 103 cm³/mol. The van der Waals surface area contributed by atoms with Crippen LogP contribution in [0.15, 0.2) is 42.9 Å². The largest absolute Gasteiger partial charge is 0.358 e. The smallest absolute Gasteiger partial charge is 0.104 e. The number of allylic oxidation sites excluding steroid dienone is 1. The molecule has 2 bridgehead atoms. The molecule has 0 radical (unpaired) electrons. The average Bonchev–Trinajstić information content (AvgIpc) is 3.15. The van der Waals surface area contributed by atoms with Crippen LogP contribution in [0.2, 0.25) is 0 Å². The molecule has 2 fully saturated rings. The Kier molecular flexibility index (Phi) is 4.29. The first kappa shape index (κ1) is 17.2. The fourth-order valence-electron chi connectivity index (χ4n) is 4.99. The molecule has 2 saturated carbocycles. The van der Waals surface area contributed by atoms with E-state index in [-0.39, 0.29) is 17.8 Å². The van der Waals surface area contributed by atoms with Crippen molar-refractivity contribution in [2.45, 2.75) is 45.7 Å². The molecule has 2 aliphatic rings. The van der Waals surface area contributed by atoms with Gasteiger partial charge in [0.2, 0.25) is 0 Å². The summed E-state index contributed by atoms with van der Waals surface area (Å²) >= 11 is 0. The summed E-state index contributed by atoms with van der Waals surface area (Å²) in [6.45, 7) is 10.4. The van der Waals surface area contributed by atoms with Gasteiger partial charge in [0.05, 0.1) is 11.9 Å². The minimum Gasteiger partial charge on any atom is -0.358 e. The van der Waals surface area contributed by atoms with Gasteiger partial charge in [-0.2, -0.15) is 0 Å². The van der Waals surface area contributed by atoms with Gasteiger partial charge in [-0.15, -0.1) is 0 Å². The van der Waals surface area contributed by atoms with Crippen LogP contribution in [0, 0.1) is 38.5 Å². The summed E-state index contributed by atoms with van der Waals surface area (Å²) in [7, 11) is 0. The lowest BCUT2D eigenvalue weighted by molar-refractivity contribution is 0.180. The summed E-state index contributed by atoms with van der Waals surface area (Å²) in [5, 5.41) is 3.47. The van der Waals surface area contributed by atoms with E-state index in [1.807, 2.05) is 32.3 Å². The van der Waals surface area contributed by atoms with Crippen LogP contribution in [-0.2, 0) is 0 Å². The molecule has 0 saturated heterocycles. The van der Waals surface area contributed by atoms with E-state index < -0.39 is 6.17 Å². The van der Waals surface area contributed by atoms with Crippen molar-refractivity contribution in [2.75, 3.05) is 5.32 Å². The Morgan fingerprint density at radius 2 is 2.00 bits per heavy atom. The van der Waals surface area contributed by atoms with Gasteiger partial charge in [-0.1, -0.05) is 6.58 Å². The van der Waals surface area contributed by atoms with E-state index in [1.165, 1.54) is 5.56 Å². The maximum absolute atomic E-state index is 14.5. The lowest BCUT2D eigenvalue weighted by Gasteiger charge is -2.35. The number of pyridine rings is 2. The number of halogens is 1. The van der Waals surface area contributed by atoms with E-state index in [9.17, 15) is 4.39 Å². The third-order valence-electron chi connectivity index (χ3n) is 6.28. The molecule has 0 aliphatic heterocycles. The maximum atomic E-state index is 14.5. The van der Waals surface area contributed by atoms with Crippen LogP contribution in [0.4, 0.5) is 10.1 Å². The number of hydrogen-bond donors (Lipinski definition) is 1. The highest BCUT2D eigenvalue weighted by Gasteiger charge is 2.54. The van der Waals surface area contributed by atoms with Crippen LogP contribution in [0.1, 0.15) is 41.3 Å². The fourth-order valence-corrected chi connectivity index (χ4v) is 4.99. The van der Waals surface area contributed by atoms with Crippen molar-refractivity contribution >= 4 is 5.69 Å². The summed E-state index contributed by atoms with van der Waals surface area (Å²) in [6, 6.07) is 6.25. The molecule has 2 aromatic heterocycles. The van der Waals surface area contributed by atoms with Gasteiger partial charge in [-0.25, -0.2) is 4.39 Å². The Balaban J connectivity index is 1.62. The first-order valence-electron chi connectivity index (χ1n) is 9.39. The Hall–Kier alpha value is -2.23. The Morgan fingerprint density at radius 3 is 2.73 bits per heavy atom. The van der Waals surface area contributed by atoms with Crippen LogP contribution < -0.4 is 5.32 Å². The second kappa shape index (κ2) is 6.49. The molecule has 5 atom stereocenters. The molecule has 0 aromatic carbocycles. The summed E-state index contributed by atoms with van der Waals surface area (Å²) in [6.07, 6.45) is 4.59. The fraction of sp³-hybridized carbons (Fsp3) is 0.455. The molecule has 2 aliphatic carbocycles. The van der Waals surface area contributed by atoms with Gasteiger partial charge in [0.25, 0.3) is 0 Å². The molecule has 4 heteroatoms. The van der Waals surface area contributed by atoms with Crippen LogP contribution in [-0.4, -0.2) is 16.1 Å². The number of aryl methyl sites for hydroxylation is 3. The summed E-state index contributed by atoms with van der Waals surface area (Å²) < 4.78 is 14.5. The molecular formula is C22H26FN3. The molecule has 5 unspecified atom stereocenters. The maximum Gasteiger partial charge on any atom is 0.104 e. The highest BCUT2D eigenvalue weighted by Crippen LogP contribution is 2.59. The van der Waals surface area contributed by atoms with Crippen molar-refractivity contribution in [3.63, 3.8) is 0 Å². The monoisotopic (exact) mass is 351 g/mol. The standard InChI is InChI=1S/C22H26FN3/c1-12-7-18(11-25-14(12)3)26-15(4)21-17-9-19(20(23)10-17)22(21)16-5-6-24-13(2)8-16/h5-8,11,17,19-22,26H,4,9-10H2,1-3H3. The summed E-state index contributed by atoms with van der Waals surface area (Å²) in [4.78, 5) is 8.74. The van der Waals surface area contributed by atoms with E-state index in [2.05, 4.69) is 40.9 Å². The van der Waals surface area contributed by atoms with Gasteiger partial charge in [0, 0.05) is 29.2 Å². The van der Waals surface area contributed by atoms with E-state index >= 15 is 0 Å². The SMILES string of the molecule is C=C(Nc1cnc(C)c(C)c1)C1C2CC(F)C(C2)C1c1ccnc(C)c1. The first-order valence-corrected chi connectivity index (χ1v) is 9.39. The van der Waals surface area contributed by atoms with E-state index in [0.717, 1.165) is 34.8 Å². The van der Waals surface area contributed by atoms with Gasteiger partial charge in [0.15, 0.2) is 0 Å². The second-order valence-corrected chi connectivity index (χ2v) is 7.97. The number of aromatic nitrogens is 2. The molecule has 1 N–H and O–H groups in total. The molecule has 136 valence electrons. The summed E-state index contributed by atoms with van der Waals surface area (Å²) in [5.74, 6) is 0.858. The minimum absolute atomic E-state index is 0.0863. The molecule has 3 nitrogen and oxygen atoms in total. The van der Waals surface area contributed by atoms with Gasteiger partial charge >= 0.3 is 0 Å². The molecule has 2 heterocycles. The van der Waals surface area contributed by atoms with Gasteiger partial charge < -0.3 is 5.32 Å². The molecular weight excluding hydrogens is 325 g/mol. The Bertz CT molecular complexity index is 847. The van der Waals surface area contributed by atoms with Crippen LogP contribution >= 0.6 is 0 Å². The minimum atomic E-state index is -0.703. The van der Waals surface area contributed by atoms with Crippen molar-refractivity contribution in [1.29, 1.82) is 0 Å². The van der Waals surface area contributed by atoms with Crippen LogP contribution in [0.25, 0.3) is 0 Å². The summed E-state index contributed by atoms with van der Waals surface area (Å²) in [5.41, 5.74) is 6.30. The Labute approximate surface area is 154 Å². The number of anilines is 1. The lowest BCUT2D eigenvalue weighted by atomic mass is 9.73. The number of nitrogens with one attached hydrogen (secondary N) is 1. The highest BCUT2D eigenvalue weighted by molar-refractivity contribution is 5.50. The third kappa shape index (κ3) is 2.91. The van der Waals surface area contributed by atoms with Crippen molar-refractivity contribution in [1.82, 2.24) is 9.97 Å². The zero-order valence-corrected chi connectivity index (χ0v) is 15.7. The Morgan fingerprint density at radius 1 is 1.19 bits per heavy atom. The number of fused-ring (bicyclic) bond motifs is 2. The normalized spacial score (nSPS) is 29.8. The lowest BCUT2D eigenvalue weighted by Crippen LogP contribution is -2.30. The zero-order valence-electron chi connectivity index (χ0n) is 15.7. The van der Waals surface area contributed by atoms with Crippen molar-refractivity contribution in [3.8, 4) is 0 Å². The number of alkyl halides is 1. The van der Waals surface area contributed by atoms with Gasteiger partial charge in [0.1, 0.15) is 6.17 Å². The van der Waals surface area contributed by atoms with Crippen LogP contribution in [0.3, 0.4) is 0 Å². The van der Waals surface area contributed by atoms with Gasteiger partial charge in [-0.3, -0.25) is 9.97 Å². The number of rotatable bonds is 4. The first-order chi connectivity index (χ1) is 12.4. The molecule has 4 rings (SSSR count). The molecule has 26 heavy (non-hydrogen) atoms. The number of hydrogen-bond acceptors (Lipinski definition) is 3. The van der Waals surface area contributed by atoms with E-state index in [1.54, 1.807) is 0 Å². The molecule has 0 spiro atoms. The van der Waals surface area contributed by atoms with E-state index in [4.69, 9.17) is 0 Å². The second-order valence-electron chi connectivity index (χ2n) is 7.97. The number of nitrogens with zero attached hydrogens (tertiary/aromatic N) is 2. The highest BCUT2D eigenvalue weighted by atomic mass is 19.1. The topological polar surface area (TPSA) is 37.8 Å².